The van der Waals surface area contributed by atoms with Gasteiger partial charge in [-0.25, -0.2) is 0 Å². The predicted octanol–water partition coefficient (Wildman–Crippen LogP) is -1.38. The van der Waals surface area contributed by atoms with E-state index in [0.717, 1.165) is 0 Å². The van der Waals surface area contributed by atoms with Gasteiger partial charge in [-0.3, -0.25) is 14.9 Å². The molecule has 1 aliphatic rings. The van der Waals surface area contributed by atoms with Gasteiger partial charge in [0.2, 0.25) is 11.8 Å². The standard InChI is InChI=1S/C6H9N3O2S/c7-6(12)8-3-1-2-4(10)9-5(3)11/h3H,1-2H2,(H3,7,8,12)(H,9,10,11). The predicted molar refractivity (Wildman–Crippen MR) is 46.1 cm³/mol. The van der Waals surface area contributed by atoms with E-state index in [4.69, 9.17) is 5.73 Å². The summed E-state index contributed by atoms with van der Waals surface area (Å²) in [5.74, 6) is -0.611. The van der Waals surface area contributed by atoms with Gasteiger partial charge in [-0.15, -0.1) is 0 Å². The number of hydrogen-bond donors (Lipinski definition) is 3. The van der Waals surface area contributed by atoms with Gasteiger partial charge in [0.05, 0.1) is 0 Å². The summed E-state index contributed by atoms with van der Waals surface area (Å²) in [6.45, 7) is 0. The highest BCUT2D eigenvalue weighted by molar-refractivity contribution is 7.80. The molecule has 12 heavy (non-hydrogen) atoms. The van der Waals surface area contributed by atoms with Crippen molar-refractivity contribution in [2.75, 3.05) is 0 Å². The van der Waals surface area contributed by atoms with Crippen LogP contribution in [0.4, 0.5) is 0 Å². The van der Waals surface area contributed by atoms with Gasteiger partial charge in [-0.05, 0) is 18.6 Å². The van der Waals surface area contributed by atoms with Crippen LogP contribution in [-0.2, 0) is 9.59 Å². The van der Waals surface area contributed by atoms with Crippen LogP contribution in [-0.4, -0.2) is 23.0 Å². The van der Waals surface area contributed by atoms with Crippen LogP contribution in [0.1, 0.15) is 12.8 Å². The minimum absolute atomic E-state index is 0.0736. The summed E-state index contributed by atoms with van der Waals surface area (Å²) in [7, 11) is 0. The molecule has 0 bridgehead atoms. The Bertz CT molecular complexity index is 241. The largest absolute Gasteiger partial charge is 0.376 e. The highest BCUT2D eigenvalue weighted by Gasteiger charge is 2.26. The summed E-state index contributed by atoms with van der Waals surface area (Å²) in [5.41, 5.74) is 5.18. The summed E-state index contributed by atoms with van der Waals surface area (Å²) in [4.78, 5) is 21.7. The molecule has 1 rings (SSSR count). The Morgan fingerprint density at radius 2 is 2.33 bits per heavy atom. The molecule has 0 radical (unpaired) electrons. The lowest BCUT2D eigenvalue weighted by atomic mass is 10.1. The first-order valence-corrected chi connectivity index (χ1v) is 3.90. The Kier molecular flexibility index (Phi) is 2.59. The number of hydrogen-bond acceptors (Lipinski definition) is 3. The van der Waals surface area contributed by atoms with Crippen molar-refractivity contribution < 1.29 is 9.59 Å². The summed E-state index contributed by atoms with van der Waals surface area (Å²) < 4.78 is 0. The van der Waals surface area contributed by atoms with E-state index < -0.39 is 6.04 Å². The molecule has 0 aromatic heterocycles. The van der Waals surface area contributed by atoms with E-state index in [0.29, 0.717) is 12.8 Å². The number of nitrogens with one attached hydrogen (secondary N) is 2. The second kappa shape index (κ2) is 3.48. The Hall–Kier alpha value is -1.17. The zero-order valence-electron chi connectivity index (χ0n) is 6.29. The second-order valence-corrected chi connectivity index (χ2v) is 2.95. The Morgan fingerprint density at radius 1 is 1.67 bits per heavy atom. The minimum atomic E-state index is -0.458. The van der Waals surface area contributed by atoms with Crippen molar-refractivity contribution in [3.05, 3.63) is 0 Å². The molecule has 5 nitrogen and oxygen atoms in total. The van der Waals surface area contributed by atoms with Crippen LogP contribution in [0.25, 0.3) is 0 Å². The SMILES string of the molecule is NC(=S)NC1CCC(=O)NC1=O. The molecule has 66 valence electrons. The number of rotatable bonds is 1. The van der Waals surface area contributed by atoms with Gasteiger partial charge in [0, 0.05) is 6.42 Å². The summed E-state index contributed by atoms with van der Waals surface area (Å²) >= 11 is 4.56. The van der Waals surface area contributed by atoms with Crippen LogP contribution in [0.15, 0.2) is 0 Å². The third-order valence-electron chi connectivity index (χ3n) is 1.56. The fourth-order valence-corrected chi connectivity index (χ4v) is 1.15. The zero-order valence-corrected chi connectivity index (χ0v) is 7.11. The number of nitrogens with two attached hydrogens (primary N) is 1. The first-order chi connectivity index (χ1) is 5.59. The van der Waals surface area contributed by atoms with E-state index in [-0.39, 0.29) is 16.9 Å². The maximum absolute atomic E-state index is 11.0. The van der Waals surface area contributed by atoms with Crippen LogP contribution in [0.5, 0.6) is 0 Å². The van der Waals surface area contributed by atoms with Crippen molar-refractivity contribution in [1.82, 2.24) is 10.6 Å². The van der Waals surface area contributed by atoms with E-state index in [1.54, 1.807) is 0 Å². The highest BCUT2D eigenvalue weighted by Crippen LogP contribution is 2.03. The van der Waals surface area contributed by atoms with Gasteiger partial charge in [0.15, 0.2) is 5.11 Å². The van der Waals surface area contributed by atoms with Gasteiger partial charge in [0.25, 0.3) is 0 Å². The molecule has 1 fully saturated rings. The van der Waals surface area contributed by atoms with Crippen molar-refractivity contribution in [2.45, 2.75) is 18.9 Å². The molecule has 6 heteroatoms. The first-order valence-electron chi connectivity index (χ1n) is 3.49. The van der Waals surface area contributed by atoms with E-state index in [9.17, 15) is 9.59 Å². The highest BCUT2D eigenvalue weighted by atomic mass is 32.1. The molecule has 1 heterocycles. The van der Waals surface area contributed by atoms with E-state index in [1.807, 2.05) is 0 Å². The molecule has 0 aromatic rings. The van der Waals surface area contributed by atoms with Gasteiger partial charge in [-0.2, -0.15) is 0 Å². The molecule has 0 aromatic carbocycles. The molecule has 2 amide bonds. The quantitative estimate of drug-likeness (QED) is 0.348. The maximum atomic E-state index is 11.0. The van der Waals surface area contributed by atoms with Crippen molar-refractivity contribution in [1.29, 1.82) is 0 Å². The van der Waals surface area contributed by atoms with Crippen LogP contribution in [0.2, 0.25) is 0 Å². The topological polar surface area (TPSA) is 84.2 Å². The molecule has 0 spiro atoms. The first kappa shape index (κ1) is 8.92. The van der Waals surface area contributed by atoms with Gasteiger partial charge in [-0.1, -0.05) is 0 Å². The van der Waals surface area contributed by atoms with E-state index in [2.05, 4.69) is 22.9 Å². The Labute approximate surface area is 74.7 Å². The summed E-state index contributed by atoms with van der Waals surface area (Å²) in [5, 5.41) is 4.85. The summed E-state index contributed by atoms with van der Waals surface area (Å²) in [6, 6.07) is -0.458. The van der Waals surface area contributed by atoms with Gasteiger partial charge in [0.1, 0.15) is 6.04 Å². The third-order valence-corrected chi connectivity index (χ3v) is 1.67. The molecule has 1 aliphatic heterocycles. The molecular weight excluding hydrogens is 178 g/mol. The Morgan fingerprint density at radius 3 is 2.83 bits per heavy atom. The minimum Gasteiger partial charge on any atom is -0.376 e. The molecule has 4 N–H and O–H groups in total. The molecular formula is C6H9N3O2S. The van der Waals surface area contributed by atoms with E-state index >= 15 is 0 Å². The lowest BCUT2D eigenvalue weighted by Gasteiger charge is -2.21. The lowest BCUT2D eigenvalue weighted by Crippen LogP contribution is -2.53. The number of piperidine rings is 1. The van der Waals surface area contributed by atoms with Crippen LogP contribution >= 0.6 is 12.2 Å². The molecule has 0 saturated carbocycles. The number of thiocarbonyl (C=S) groups is 1. The average molecular weight is 187 g/mol. The second-order valence-electron chi connectivity index (χ2n) is 2.51. The number of carbonyl (C=O) groups is 2. The molecule has 1 unspecified atom stereocenters. The maximum Gasteiger partial charge on any atom is 0.249 e. The van der Waals surface area contributed by atoms with Crippen molar-refractivity contribution in [3.8, 4) is 0 Å². The fourth-order valence-electron chi connectivity index (χ4n) is 1.00. The smallest absolute Gasteiger partial charge is 0.249 e. The Balaban J connectivity index is 2.51. The number of amides is 2. The number of carbonyl (C=O) groups excluding carboxylic acids is 2. The average Bonchev–Trinajstić information content (AvgIpc) is 1.94. The van der Waals surface area contributed by atoms with Gasteiger partial charge >= 0.3 is 0 Å². The molecule has 1 atom stereocenters. The zero-order chi connectivity index (χ0) is 9.14. The van der Waals surface area contributed by atoms with Crippen LogP contribution in [0.3, 0.4) is 0 Å². The fraction of sp³-hybridized carbons (Fsp3) is 0.500. The lowest BCUT2D eigenvalue weighted by molar-refractivity contribution is -0.134. The number of imide groups is 1. The van der Waals surface area contributed by atoms with Crippen LogP contribution in [0, 0.1) is 0 Å². The van der Waals surface area contributed by atoms with Gasteiger partial charge < -0.3 is 11.1 Å². The normalized spacial score (nSPS) is 23.2. The molecule has 1 saturated heterocycles. The van der Waals surface area contributed by atoms with Crippen molar-refractivity contribution in [3.63, 3.8) is 0 Å². The molecule has 0 aliphatic carbocycles. The monoisotopic (exact) mass is 187 g/mol. The van der Waals surface area contributed by atoms with Crippen molar-refractivity contribution >= 4 is 29.1 Å². The summed E-state index contributed by atoms with van der Waals surface area (Å²) in [6.07, 6.45) is 0.772. The van der Waals surface area contributed by atoms with Crippen LogP contribution < -0.4 is 16.4 Å². The van der Waals surface area contributed by atoms with Crippen molar-refractivity contribution in [2.24, 2.45) is 5.73 Å². The third kappa shape index (κ3) is 2.16. The van der Waals surface area contributed by atoms with E-state index in [1.165, 1.54) is 0 Å².